The summed E-state index contributed by atoms with van der Waals surface area (Å²) >= 11 is 0. The fourth-order valence-electron chi connectivity index (χ4n) is 1.33. The number of hydrogen-bond acceptors (Lipinski definition) is 1. The van der Waals surface area contributed by atoms with E-state index in [0.717, 1.165) is 6.42 Å². The van der Waals surface area contributed by atoms with Crippen molar-refractivity contribution in [2.75, 3.05) is 0 Å². The third-order valence-electron chi connectivity index (χ3n) is 1.53. The predicted molar refractivity (Wildman–Crippen MR) is 52.6 cm³/mol. The fourth-order valence-corrected chi connectivity index (χ4v) is 1.33. The van der Waals surface area contributed by atoms with Crippen LogP contribution in [0.5, 0.6) is 0 Å². The lowest BCUT2D eigenvalue weighted by Gasteiger charge is -2.14. The van der Waals surface area contributed by atoms with Crippen molar-refractivity contribution in [2.24, 2.45) is 11.3 Å². The van der Waals surface area contributed by atoms with Gasteiger partial charge in [0.2, 0.25) is 0 Å². The van der Waals surface area contributed by atoms with Gasteiger partial charge in [0, 0.05) is 5.92 Å². The Morgan fingerprint density at radius 1 is 1.50 bits per heavy atom. The van der Waals surface area contributed by atoms with Crippen LogP contribution in [-0.2, 0) is 0 Å². The van der Waals surface area contributed by atoms with Crippen LogP contribution in [0.4, 0.5) is 0 Å². The van der Waals surface area contributed by atoms with Crippen molar-refractivity contribution >= 4 is 0 Å². The normalized spacial score (nSPS) is 15.5. The molecule has 0 heterocycles. The standard InChI is InChI=1S/C11H19N/c1-9(6-10(2)8-12)7-11(3,4)5/h7,10H,6H2,1-5H3. The smallest absolute Gasteiger partial charge is 0.0656 e. The molecule has 0 bridgehead atoms. The van der Waals surface area contributed by atoms with Crippen LogP contribution in [0, 0.1) is 22.7 Å². The highest BCUT2D eigenvalue weighted by molar-refractivity contribution is 5.06. The monoisotopic (exact) mass is 165 g/mol. The summed E-state index contributed by atoms with van der Waals surface area (Å²) < 4.78 is 0. The highest BCUT2D eigenvalue weighted by Crippen LogP contribution is 2.20. The minimum Gasteiger partial charge on any atom is -0.198 e. The van der Waals surface area contributed by atoms with Crippen molar-refractivity contribution < 1.29 is 0 Å². The van der Waals surface area contributed by atoms with Crippen molar-refractivity contribution in [1.82, 2.24) is 0 Å². The predicted octanol–water partition coefficient (Wildman–Crippen LogP) is 3.53. The molecule has 12 heavy (non-hydrogen) atoms. The summed E-state index contributed by atoms with van der Waals surface area (Å²) in [6.07, 6.45) is 3.13. The summed E-state index contributed by atoms with van der Waals surface area (Å²) in [5, 5.41) is 8.60. The van der Waals surface area contributed by atoms with Crippen LogP contribution in [0.25, 0.3) is 0 Å². The van der Waals surface area contributed by atoms with Gasteiger partial charge in [-0.3, -0.25) is 0 Å². The van der Waals surface area contributed by atoms with Crippen LogP contribution in [0.3, 0.4) is 0 Å². The Kier molecular flexibility index (Phi) is 4.03. The first kappa shape index (κ1) is 11.2. The molecule has 0 aromatic carbocycles. The largest absolute Gasteiger partial charge is 0.198 e. The van der Waals surface area contributed by atoms with Gasteiger partial charge in [0.25, 0.3) is 0 Å². The van der Waals surface area contributed by atoms with E-state index in [1.54, 1.807) is 0 Å². The van der Waals surface area contributed by atoms with Crippen LogP contribution in [0.15, 0.2) is 11.6 Å². The molecule has 0 N–H and O–H groups in total. The molecule has 0 spiro atoms. The highest BCUT2D eigenvalue weighted by atomic mass is 14.3. The van der Waals surface area contributed by atoms with E-state index in [4.69, 9.17) is 5.26 Å². The van der Waals surface area contributed by atoms with Gasteiger partial charge in [0.05, 0.1) is 6.07 Å². The Hall–Kier alpha value is -0.770. The van der Waals surface area contributed by atoms with Crippen LogP contribution in [0.2, 0.25) is 0 Å². The van der Waals surface area contributed by atoms with E-state index in [9.17, 15) is 0 Å². The number of allylic oxidation sites excluding steroid dienone is 2. The average molecular weight is 165 g/mol. The zero-order chi connectivity index (χ0) is 9.78. The van der Waals surface area contributed by atoms with Gasteiger partial charge in [-0.2, -0.15) is 5.26 Å². The fraction of sp³-hybridized carbons (Fsp3) is 0.727. The Labute approximate surface area is 76.1 Å². The minimum absolute atomic E-state index is 0.142. The quantitative estimate of drug-likeness (QED) is 0.574. The Morgan fingerprint density at radius 3 is 2.33 bits per heavy atom. The minimum atomic E-state index is 0.142. The van der Waals surface area contributed by atoms with Crippen molar-refractivity contribution in [3.8, 4) is 6.07 Å². The molecule has 1 nitrogen and oxygen atoms in total. The molecule has 0 aromatic rings. The summed E-state index contributed by atoms with van der Waals surface area (Å²) in [5.74, 6) is 0.142. The first-order valence-corrected chi connectivity index (χ1v) is 4.43. The number of nitriles is 1. The van der Waals surface area contributed by atoms with Crippen molar-refractivity contribution in [2.45, 2.75) is 41.0 Å². The maximum atomic E-state index is 8.60. The van der Waals surface area contributed by atoms with Gasteiger partial charge in [-0.1, -0.05) is 32.4 Å². The zero-order valence-corrected chi connectivity index (χ0v) is 8.81. The van der Waals surface area contributed by atoms with E-state index in [2.05, 4.69) is 39.8 Å². The van der Waals surface area contributed by atoms with E-state index in [0.29, 0.717) is 0 Å². The highest BCUT2D eigenvalue weighted by Gasteiger charge is 2.07. The molecule has 0 radical (unpaired) electrons. The third kappa shape index (κ3) is 5.97. The summed E-state index contributed by atoms with van der Waals surface area (Å²) in [6, 6.07) is 2.24. The molecule has 1 unspecified atom stereocenters. The summed E-state index contributed by atoms with van der Waals surface area (Å²) in [4.78, 5) is 0. The number of nitrogens with zero attached hydrogens (tertiary/aromatic N) is 1. The number of hydrogen-bond donors (Lipinski definition) is 0. The van der Waals surface area contributed by atoms with E-state index < -0.39 is 0 Å². The lowest BCUT2D eigenvalue weighted by molar-refractivity contribution is 0.534. The van der Waals surface area contributed by atoms with E-state index in [1.807, 2.05) is 6.92 Å². The Morgan fingerprint density at radius 2 is 2.00 bits per heavy atom. The first-order chi connectivity index (χ1) is 5.35. The number of rotatable bonds is 2. The zero-order valence-electron chi connectivity index (χ0n) is 8.81. The summed E-state index contributed by atoms with van der Waals surface area (Å²) in [5.41, 5.74) is 1.55. The second kappa shape index (κ2) is 4.30. The Bertz CT molecular complexity index is 200. The molecule has 0 saturated heterocycles. The van der Waals surface area contributed by atoms with Crippen molar-refractivity contribution in [3.05, 3.63) is 11.6 Å². The molecule has 68 valence electrons. The average Bonchev–Trinajstić information content (AvgIpc) is 1.82. The molecule has 0 rings (SSSR count). The second-order valence-electron chi connectivity index (χ2n) is 4.59. The lowest BCUT2D eigenvalue weighted by atomic mass is 9.91. The molecule has 0 aliphatic heterocycles. The first-order valence-electron chi connectivity index (χ1n) is 4.43. The van der Waals surface area contributed by atoms with Gasteiger partial charge in [-0.15, -0.1) is 0 Å². The van der Waals surface area contributed by atoms with Gasteiger partial charge in [0.1, 0.15) is 0 Å². The van der Waals surface area contributed by atoms with Crippen LogP contribution < -0.4 is 0 Å². The maximum Gasteiger partial charge on any atom is 0.0656 e. The van der Waals surface area contributed by atoms with Crippen LogP contribution in [0.1, 0.15) is 41.0 Å². The van der Waals surface area contributed by atoms with Gasteiger partial charge in [-0.25, -0.2) is 0 Å². The lowest BCUT2D eigenvalue weighted by Crippen LogP contribution is -2.02. The van der Waals surface area contributed by atoms with E-state index in [-0.39, 0.29) is 11.3 Å². The molecule has 0 aliphatic rings. The van der Waals surface area contributed by atoms with Gasteiger partial charge in [-0.05, 0) is 25.7 Å². The van der Waals surface area contributed by atoms with Crippen molar-refractivity contribution in [3.63, 3.8) is 0 Å². The van der Waals surface area contributed by atoms with E-state index >= 15 is 0 Å². The maximum absolute atomic E-state index is 8.60. The molecular formula is C11H19N. The SMILES string of the molecule is CC(=CC(C)(C)C)CC(C)C#N. The third-order valence-corrected chi connectivity index (χ3v) is 1.53. The van der Waals surface area contributed by atoms with Gasteiger partial charge < -0.3 is 0 Å². The van der Waals surface area contributed by atoms with Crippen molar-refractivity contribution in [1.29, 1.82) is 5.26 Å². The second-order valence-corrected chi connectivity index (χ2v) is 4.59. The molecule has 1 atom stereocenters. The van der Waals surface area contributed by atoms with Crippen LogP contribution >= 0.6 is 0 Å². The Balaban J connectivity index is 4.14. The summed E-state index contributed by atoms with van der Waals surface area (Å²) in [6.45, 7) is 10.6. The molecule has 0 saturated carbocycles. The van der Waals surface area contributed by atoms with Gasteiger partial charge >= 0.3 is 0 Å². The topological polar surface area (TPSA) is 23.8 Å². The molecule has 0 amide bonds. The van der Waals surface area contributed by atoms with Gasteiger partial charge in [0.15, 0.2) is 0 Å². The van der Waals surface area contributed by atoms with Crippen LogP contribution in [-0.4, -0.2) is 0 Å². The molecule has 0 aliphatic carbocycles. The molecule has 1 heteroatoms. The summed E-state index contributed by atoms with van der Waals surface area (Å²) in [7, 11) is 0. The van der Waals surface area contributed by atoms with E-state index in [1.165, 1.54) is 5.57 Å². The molecule has 0 aromatic heterocycles. The molecular weight excluding hydrogens is 146 g/mol. The molecule has 0 fully saturated rings.